The highest BCUT2D eigenvalue weighted by Gasteiger charge is 2.34. The summed E-state index contributed by atoms with van der Waals surface area (Å²) in [7, 11) is 0. The molecule has 1 aliphatic carbocycles. The van der Waals surface area contributed by atoms with E-state index in [4.69, 9.17) is 0 Å². The predicted octanol–water partition coefficient (Wildman–Crippen LogP) is 2.56. The molecule has 0 aromatic heterocycles. The molecule has 2 atom stereocenters. The quantitative estimate of drug-likeness (QED) is 0.777. The number of piperidine rings is 1. The molecule has 3 heteroatoms. The summed E-state index contributed by atoms with van der Waals surface area (Å²) < 4.78 is 0. The topological polar surface area (TPSA) is 32.3 Å². The Morgan fingerprint density at radius 2 is 1.84 bits per heavy atom. The highest BCUT2D eigenvalue weighted by Crippen LogP contribution is 2.28. The summed E-state index contributed by atoms with van der Waals surface area (Å²) in [6.45, 7) is 3.16. The van der Waals surface area contributed by atoms with Gasteiger partial charge in [-0.2, -0.15) is 0 Å². The number of likely N-dealkylation sites (tertiary alicyclic amines) is 1. The first-order chi connectivity index (χ1) is 9.33. The number of rotatable bonds is 2. The van der Waals surface area contributed by atoms with Gasteiger partial charge in [0.05, 0.1) is 0 Å². The van der Waals surface area contributed by atoms with E-state index >= 15 is 0 Å². The van der Waals surface area contributed by atoms with Gasteiger partial charge >= 0.3 is 0 Å². The van der Waals surface area contributed by atoms with Gasteiger partial charge in [0.1, 0.15) is 0 Å². The molecule has 0 spiro atoms. The monoisotopic (exact) mass is 264 g/mol. The van der Waals surface area contributed by atoms with Crippen molar-refractivity contribution in [1.82, 2.24) is 10.2 Å². The second-order valence-corrected chi connectivity index (χ2v) is 6.80. The first-order valence-electron chi connectivity index (χ1n) is 8.34. The van der Waals surface area contributed by atoms with Gasteiger partial charge in [0.15, 0.2) is 0 Å². The van der Waals surface area contributed by atoms with Crippen molar-refractivity contribution in [2.24, 2.45) is 11.8 Å². The number of carbonyl (C=O) groups is 1. The fourth-order valence-electron chi connectivity index (χ4n) is 4.22. The minimum atomic E-state index is 0.442. The number of carbonyl (C=O) groups excluding carboxylic acids is 1. The summed E-state index contributed by atoms with van der Waals surface area (Å²) in [6, 6.07) is 0.696. The van der Waals surface area contributed by atoms with Gasteiger partial charge in [0, 0.05) is 25.6 Å². The van der Waals surface area contributed by atoms with Crippen LogP contribution in [0.5, 0.6) is 0 Å². The lowest BCUT2D eigenvalue weighted by atomic mass is 9.91. The Bertz CT molecular complexity index is 310. The van der Waals surface area contributed by atoms with Crippen molar-refractivity contribution in [1.29, 1.82) is 0 Å². The van der Waals surface area contributed by atoms with Crippen molar-refractivity contribution >= 4 is 5.91 Å². The standard InChI is InChI=1S/C16H28N2O/c19-16(11-13-5-3-1-2-4-6-13)18-10-8-15-14(12-18)7-9-17-15/h13-15,17H,1-12H2. The minimum Gasteiger partial charge on any atom is -0.342 e. The zero-order valence-corrected chi connectivity index (χ0v) is 12.1. The van der Waals surface area contributed by atoms with Gasteiger partial charge < -0.3 is 10.2 Å². The van der Waals surface area contributed by atoms with Gasteiger partial charge in [-0.1, -0.05) is 25.7 Å². The van der Waals surface area contributed by atoms with Crippen LogP contribution in [0.3, 0.4) is 0 Å². The third-order valence-corrected chi connectivity index (χ3v) is 5.45. The summed E-state index contributed by atoms with van der Waals surface area (Å²) in [5.74, 6) is 1.85. The first kappa shape index (κ1) is 13.4. The molecule has 19 heavy (non-hydrogen) atoms. The maximum atomic E-state index is 12.5. The molecule has 0 aromatic rings. The number of nitrogens with zero attached hydrogens (tertiary/aromatic N) is 1. The lowest BCUT2D eigenvalue weighted by Crippen LogP contribution is -2.47. The number of fused-ring (bicyclic) bond motifs is 1. The molecule has 1 amide bonds. The summed E-state index contributed by atoms with van der Waals surface area (Å²) in [4.78, 5) is 14.6. The van der Waals surface area contributed by atoms with E-state index in [0.29, 0.717) is 17.9 Å². The third-order valence-electron chi connectivity index (χ3n) is 5.45. The molecule has 1 saturated carbocycles. The molecule has 3 rings (SSSR count). The van der Waals surface area contributed by atoms with Crippen molar-refractivity contribution in [3.8, 4) is 0 Å². The third kappa shape index (κ3) is 3.31. The molecule has 2 unspecified atom stereocenters. The van der Waals surface area contributed by atoms with Crippen molar-refractivity contribution in [2.75, 3.05) is 19.6 Å². The molecule has 1 N–H and O–H groups in total. The van der Waals surface area contributed by atoms with Crippen molar-refractivity contribution in [3.63, 3.8) is 0 Å². The highest BCUT2D eigenvalue weighted by molar-refractivity contribution is 5.76. The number of hydrogen-bond donors (Lipinski definition) is 1. The molecule has 0 radical (unpaired) electrons. The van der Waals surface area contributed by atoms with Gasteiger partial charge in [-0.25, -0.2) is 0 Å². The number of hydrogen-bond acceptors (Lipinski definition) is 2. The van der Waals surface area contributed by atoms with Crippen molar-refractivity contribution in [2.45, 2.75) is 63.8 Å². The van der Waals surface area contributed by atoms with Gasteiger partial charge in [0.2, 0.25) is 5.91 Å². The van der Waals surface area contributed by atoms with E-state index in [-0.39, 0.29) is 0 Å². The largest absolute Gasteiger partial charge is 0.342 e. The molecule has 3 aliphatic rings. The fraction of sp³-hybridized carbons (Fsp3) is 0.938. The van der Waals surface area contributed by atoms with Crippen LogP contribution in [0.4, 0.5) is 0 Å². The van der Waals surface area contributed by atoms with E-state index in [1.807, 2.05) is 0 Å². The Hall–Kier alpha value is -0.570. The van der Waals surface area contributed by atoms with E-state index < -0.39 is 0 Å². The molecule has 0 bridgehead atoms. The SMILES string of the molecule is O=C(CC1CCCCCC1)N1CCC2NCCC2C1. The van der Waals surface area contributed by atoms with Gasteiger partial charge in [0.25, 0.3) is 0 Å². The van der Waals surface area contributed by atoms with Gasteiger partial charge in [-0.15, -0.1) is 0 Å². The van der Waals surface area contributed by atoms with Crippen LogP contribution >= 0.6 is 0 Å². The Labute approximate surface area is 117 Å². The normalized spacial score (nSPS) is 32.9. The average molecular weight is 264 g/mol. The zero-order valence-electron chi connectivity index (χ0n) is 12.1. The predicted molar refractivity (Wildman–Crippen MR) is 76.9 cm³/mol. The van der Waals surface area contributed by atoms with Crippen molar-refractivity contribution < 1.29 is 4.79 Å². The minimum absolute atomic E-state index is 0.442. The molecular weight excluding hydrogens is 236 g/mol. The van der Waals surface area contributed by atoms with E-state index in [1.165, 1.54) is 51.4 Å². The van der Waals surface area contributed by atoms with Crippen LogP contribution in [0.2, 0.25) is 0 Å². The maximum Gasteiger partial charge on any atom is 0.222 e. The molecule has 0 aromatic carbocycles. The Morgan fingerprint density at radius 1 is 1.05 bits per heavy atom. The Kier molecular flexibility index (Phi) is 4.42. The second kappa shape index (κ2) is 6.25. The molecule has 2 aliphatic heterocycles. The summed E-state index contributed by atoms with van der Waals surface area (Å²) in [5.41, 5.74) is 0. The zero-order chi connectivity index (χ0) is 13.1. The second-order valence-electron chi connectivity index (χ2n) is 6.80. The molecular formula is C16H28N2O. The van der Waals surface area contributed by atoms with Crippen LogP contribution in [0, 0.1) is 11.8 Å². The number of amides is 1. The van der Waals surface area contributed by atoms with Crippen LogP contribution in [0.1, 0.15) is 57.8 Å². The van der Waals surface area contributed by atoms with Crippen molar-refractivity contribution in [3.05, 3.63) is 0 Å². The first-order valence-corrected chi connectivity index (χ1v) is 8.34. The van der Waals surface area contributed by atoms with E-state index in [2.05, 4.69) is 10.2 Å². The molecule has 2 heterocycles. The van der Waals surface area contributed by atoms with Crippen LogP contribution < -0.4 is 5.32 Å². The molecule has 2 saturated heterocycles. The average Bonchev–Trinajstić information content (AvgIpc) is 2.75. The van der Waals surface area contributed by atoms with Crippen LogP contribution in [-0.4, -0.2) is 36.5 Å². The fourth-order valence-corrected chi connectivity index (χ4v) is 4.22. The lowest BCUT2D eigenvalue weighted by Gasteiger charge is -2.35. The van der Waals surface area contributed by atoms with E-state index in [1.54, 1.807) is 0 Å². The molecule has 3 fully saturated rings. The molecule has 108 valence electrons. The van der Waals surface area contributed by atoms with E-state index in [0.717, 1.165) is 32.0 Å². The van der Waals surface area contributed by atoms with E-state index in [9.17, 15) is 4.79 Å². The summed E-state index contributed by atoms with van der Waals surface area (Å²) in [6.07, 6.45) is 11.3. The molecule has 3 nitrogen and oxygen atoms in total. The highest BCUT2D eigenvalue weighted by atomic mass is 16.2. The van der Waals surface area contributed by atoms with Crippen LogP contribution in [-0.2, 0) is 4.79 Å². The summed E-state index contributed by atoms with van der Waals surface area (Å²) in [5, 5.41) is 3.57. The van der Waals surface area contributed by atoms with Crippen LogP contribution in [0.15, 0.2) is 0 Å². The van der Waals surface area contributed by atoms with Gasteiger partial charge in [-0.3, -0.25) is 4.79 Å². The lowest BCUT2D eigenvalue weighted by molar-refractivity contribution is -0.134. The Morgan fingerprint density at radius 3 is 2.63 bits per heavy atom. The maximum absolute atomic E-state index is 12.5. The summed E-state index contributed by atoms with van der Waals surface area (Å²) >= 11 is 0. The van der Waals surface area contributed by atoms with Crippen LogP contribution in [0.25, 0.3) is 0 Å². The Balaban J connectivity index is 1.49. The number of nitrogens with one attached hydrogen (secondary N) is 1. The van der Waals surface area contributed by atoms with Gasteiger partial charge in [-0.05, 0) is 44.1 Å². The smallest absolute Gasteiger partial charge is 0.222 e.